The molecule has 19 heavy (non-hydrogen) atoms. The van der Waals surface area contributed by atoms with Crippen molar-refractivity contribution >= 4 is 11.5 Å². The number of carbonyl (C=O) groups excluding carboxylic acids is 1. The molecule has 0 saturated carbocycles. The first-order chi connectivity index (χ1) is 9.11. The molecule has 1 heterocycles. The summed E-state index contributed by atoms with van der Waals surface area (Å²) < 4.78 is 18.5. The molecule has 0 radical (unpaired) electrons. The van der Waals surface area contributed by atoms with Crippen LogP contribution in [0.2, 0.25) is 0 Å². The minimum atomic E-state index is -0.362. The van der Waals surface area contributed by atoms with E-state index in [4.69, 9.17) is 4.74 Å². The first-order valence-electron chi connectivity index (χ1n) is 6.66. The minimum Gasteiger partial charge on any atom is -0.384 e. The number of carbonyl (C=O) groups is 1. The highest BCUT2D eigenvalue weighted by molar-refractivity contribution is 5.99. The van der Waals surface area contributed by atoms with Crippen LogP contribution in [0.5, 0.6) is 0 Å². The number of ether oxygens (including phenoxy) is 1. The van der Waals surface area contributed by atoms with Crippen molar-refractivity contribution in [1.29, 1.82) is 0 Å². The van der Waals surface area contributed by atoms with Gasteiger partial charge in [-0.05, 0) is 43.9 Å². The van der Waals surface area contributed by atoms with E-state index in [1.54, 1.807) is 13.2 Å². The smallest absolute Gasteiger partial charge is 0.161 e. The largest absolute Gasteiger partial charge is 0.384 e. The first-order valence-corrected chi connectivity index (χ1v) is 6.66. The Morgan fingerprint density at radius 2 is 2.32 bits per heavy atom. The van der Waals surface area contributed by atoms with Gasteiger partial charge in [0.05, 0.1) is 6.61 Å². The lowest BCUT2D eigenvalue weighted by Gasteiger charge is -2.35. The van der Waals surface area contributed by atoms with Gasteiger partial charge >= 0.3 is 0 Å². The summed E-state index contributed by atoms with van der Waals surface area (Å²) >= 11 is 0. The molecule has 1 unspecified atom stereocenters. The van der Waals surface area contributed by atoms with Crippen LogP contribution in [-0.2, 0) is 4.74 Å². The van der Waals surface area contributed by atoms with Crippen molar-refractivity contribution in [1.82, 2.24) is 0 Å². The van der Waals surface area contributed by atoms with Gasteiger partial charge in [0, 0.05) is 31.5 Å². The molecule has 104 valence electrons. The molecule has 0 N–H and O–H groups in total. The SMILES string of the molecule is COCC1CCCN(c2ccc(F)cc2C(C)=O)C1. The summed E-state index contributed by atoms with van der Waals surface area (Å²) in [6.07, 6.45) is 2.21. The van der Waals surface area contributed by atoms with Crippen LogP contribution >= 0.6 is 0 Å². The Morgan fingerprint density at radius 1 is 1.53 bits per heavy atom. The van der Waals surface area contributed by atoms with E-state index in [1.165, 1.54) is 19.1 Å². The highest BCUT2D eigenvalue weighted by Gasteiger charge is 2.22. The lowest BCUT2D eigenvalue weighted by Crippen LogP contribution is -2.37. The molecule has 4 heteroatoms. The summed E-state index contributed by atoms with van der Waals surface area (Å²) in [6.45, 7) is 3.98. The van der Waals surface area contributed by atoms with E-state index in [0.717, 1.165) is 38.2 Å². The van der Waals surface area contributed by atoms with Gasteiger partial charge in [0.1, 0.15) is 5.82 Å². The Balaban J connectivity index is 2.23. The van der Waals surface area contributed by atoms with Crippen molar-refractivity contribution in [2.24, 2.45) is 5.92 Å². The monoisotopic (exact) mass is 265 g/mol. The second kappa shape index (κ2) is 6.15. The summed E-state index contributed by atoms with van der Waals surface area (Å²) in [5, 5.41) is 0. The van der Waals surface area contributed by atoms with Gasteiger partial charge < -0.3 is 9.64 Å². The van der Waals surface area contributed by atoms with Crippen molar-refractivity contribution in [3.05, 3.63) is 29.6 Å². The van der Waals surface area contributed by atoms with Gasteiger partial charge in [0.25, 0.3) is 0 Å². The summed E-state index contributed by atoms with van der Waals surface area (Å²) in [4.78, 5) is 13.8. The zero-order valence-corrected chi connectivity index (χ0v) is 11.5. The second-order valence-electron chi connectivity index (χ2n) is 5.13. The normalized spacial score (nSPS) is 19.5. The van der Waals surface area contributed by atoms with Gasteiger partial charge in [-0.2, -0.15) is 0 Å². The summed E-state index contributed by atoms with van der Waals surface area (Å²) in [7, 11) is 1.71. The number of halogens is 1. The standard InChI is InChI=1S/C15H20FNO2/c1-11(18)14-8-13(16)5-6-15(14)17-7-3-4-12(9-17)10-19-2/h5-6,8,12H,3-4,7,9-10H2,1-2H3. The number of hydrogen-bond acceptors (Lipinski definition) is 3. The highest BCUT2D eigenvalue weighted by atomic mass is 19.1. The third-order valence-electron chi connectivity index (χ3n) is 3.60. The Hall–Kier alpha value is -1.42. The summed E-state index contributed by atoms with van der Waals surface area (Å²) in [6, 6.07) is 4.46. The van der Waals surface area contributed by atoms with Crippen LogP contribution in [0, 0.1) is 11.7 Å². The molecule has 1 aliphatic rings. The Kier molecular flexibility index (Phi) is 4.53. The zero-order valence-electron chi connectivity index (χ0n) is 11.5. The molecule has 1 aromatic carbocycles. The van der Waals surface area contributed by atoms with Crippen LogP contribution < -0.4 is 4.90 Å². The molecule has 2 rings (SSSR count). The van der Waals surface area contributed by atoms with E-state index in [0.29, 0.717) is 11.5 Å². The second-order valence-corrected chi connectivity index (χ2v) is 5.13. The summed E-state index contributed by atoms with van der Waals surface area (Å²) in [5.41, 5.74) is 1.31. The Morgan fingerprint density at radius 3 is 3.00 bits per heavy atom. The minimum absolute atomic E-state index is 0.0941. The third kappa shape index (κ3) is 3.32. The topological polar surface area (TPSA) is 29.5 Å². The van der Waals surface area contributed by atoms with Crippen LogP contribution in [0.15, 0.2) is 18.2 Å². The van der Waals surface area contributed by atoms with Gasteiger partial charge in [0.2, 0.25) is 0 Å². The lowest BCUT2D eigenvalue weighted by molar-refractivity contribution is 0.101. The first kappa shape index (κ1) is 14.0. The van der Waals surface area contributed by atoms with Crippen molar-refractivity contribution in [2.75, 3.05) is 31.7 Å². The fourth-order valence-corrected chi connectivity index (χ4v) is 2.72. The van der Waals surface area contributed by atoms with Crippen molar-refractivity contribution < 1.29 is 13.9 Å². The number of anilines is 1. The van der Waals surface area contributed by atoms with Gasteiger partial charge in [-0.15, -0.1) is 0 Å². The van der Waals surface area contributed by atoms with Crippen LogP contribution in [0.1, 0.15) is 30.1 Å². The van der Waals surface area contributed by atoms with E-state index >= 15 is 0 Å². The van der Waals surface area contributed by atoms with Crippen LogP contribution in [0.3, 0.4) is 0 Å². The maximum Gasteiger partial charge on any atom is 0.161 e. The number of methoxy groups -OCH3 is 1. The number of nitrogens with zero attached hydrogens (tertiary/aromatic N) is 1. The van der Waals surface area contributed by atoms with E-state index < -0.39 is 0 Å². The van der Waals surface area contributed by atoms with Crippen molar-refractivity contribution in [2.45, 2.75) is 19.8 Å². The fraction of sp³-hybridized carbons (Fsp3) is 0.533. The van der Waals surface area contributed by atoms with E-state index in [-0.39, 0.29) is 11.6 Å². The van der Waals surface area contributed by atoms with E-state index in [1.807, 2.05) is 0 Å². The van der Waals surface area contributed by atoms with Gasteiger partial charge in [0.15, 0.2) is 5.78 Å². The zero-order chi connectivity index (χ0) is 13.8. The molecule has 3 nitrogen and oxygen atoms in total. The van der Waals surface area contributed by atoms with Crippen LogP contribution in [-0.4, -0.2) is 32.6 Å². The number of benzene rings is 1. The highest BCUT2D eigenvalue weighted by Crippen LogP contribution is 2.27. The molecule has 0 aromatic heterocycles. The molecule has 1 saturated heterocycles. The number of piperidine rings is 1. The molecule has 1 fully saturated rings. The number of rotatable bonds is 4. The van der Waals surface area contributed by atoms with Gasteiger partial charge in [-0.3, -0.25) is 4.79 Å². The average molecular weight is 265 g/mol. The van der Waals surface area contributed by atoms with Crippen LogP contribution in [0.25, 0.3) is 0 Å². The molecule has 0 aliphatic carbocycles. The number of ketones is 1. The number of Topliss-reactive ketones (excluding diaryl/α,β-unsaturated/α-hetero) is 1. The Labute approximate surface area is 113 Å². The van der Waals surface area contributed by atoms with Gasteiger partial charge in [-0.25, -0.2) is 4.39 Å². The average Bonchev–Trinajstić information content (AvgIpc) is 2.39. The Bertz CT molecular complexity index is 459. The quantitative estimate of drug-likeness (QED) is 0.784. The lowest BCUT2D eigenvalue weighted by atomic mass is 9.97. The fourth-order valence-electron chi connectivity index (χ4n) is 2.72. The third-order valence-corrected chi connectivity index (χ3v) is 3.60. The molecule has 1 aromatic rings. The molecular formula is C15H20FNO2. The van der Waals surface area contributed by atoms with Gasteiger partial charge in [-0.1, -0.05) is 0 Å². The maximum atomic E-state index is 13.3. The number of hydrogen-bond donors (Lipinski definition) is 0. The molecular weight excluding hydrogens is 245 g/mol. The molecule has 1 atom stereocenters. The molecule has 1 aliphatic heterocycles. The van der Waals surface area contributed by atoms with E-state index in [9.17, 15) is 9.18 Å². The summed E-state index contributed by atoms with van der Waals surface area (Å²) in [5.74, 6) is 0.0198. The molecule has 0 amide bonds. The molecule has 0 bridgehead atoms. The maximum absolute atomic E-state index is 13.3. The van der Waals surface area contributed by atoms with E-state index in [2.05, 4.69) is 4.90 Å². The molecule has 0 spiro atoms. The van der Waals surface area contributed by atoms with Crippen molar-refractivity contribution in [3.63, 3.8) is 0 Å². The van der Waals surface area contributed by atoms with Crippen molar-refractivity contribution in [3.8, 4) is 0 Å². The predicted molar refractivity (Wildman–Crippen MR) is 73.2 cm³/mol. The van der Waals surface area contributed by atoms with Crippen LogP contribution in [0.4, 0.5) is 10.1 Å². The predicted octanol–water partition coefficient (Wildman–Crippen LogP) is 2.89.